The molecule has 0 bridgehead atoms. The average molecular weight is 431 g/mol. The largest absolute Gasteiger partial charge is 0.337 e. The number of halogens is 2. The van der Waals surface area contributed by atoms with Gasteiger partial charge in [-0.25, -0.2) is 12.8 Å². The van der Waals surface area contributed by atoms with Crippen LogP contribution in [0.3, 0.4) is 0 Å². The first-order valence-electron chi connectivity index (χ1n) is 9.26. The van der Waals surface area contributed by atoms with Crippen LogP contribution in [0.1, 0.15) is 63.1 Å². The number of nitrogens with zero attached hydrogens (tertiary/aromatic N) is 2. The first-order valence-corrected chi connectivity index (χ1v) is 10.7. The number of benzene rings is 1. The summed E-state index contributed by atoms with van der Waals surface area (Å²) in [6.07, 6.45) is 6.33. The lowest BCUT2D eigenvalue weighted by atomic mass is 9.77. The summed E-state index contributed by atoms with van der Waals surface area (Å²) in [5.41, 5.74) is 4.70. The Morgan fingerprint density at radius 3 is 2.43 bits per heavy atom. The van der Waals surface area contributed by atoms with E-state index in [0.29, 0.717) is 18.7 Å². The molecule has 0 unspecified atom stereocenters. The van der Waals surface area contributed by atoms with Crippen LogP contribution in [-0.4, -0.2) is 18.6 Å². The Hall–Kier alpha value is -1.55. The van der Waals surface area contributed by atoms with E-state index in [2.05, 4.69) is 14.9 Å². The molecule has 0 radical (unpaired) electrons. The van der Waals surface area contributed by atoms with Crippen molar-refractivity contribution in [2.45, 2.75) is 67.3 Å². The van der Waals surface area contributed by atoms with Crippen molar-refractivity contribution in [1.82, 2.24) is 14.9 Å². The molecule has 10 heteroatoms. The Balaban J connectivity index is 0.00000225. The van der Waals surface area contributed by atoms with E-state index in [1.54, 1.807) is 0 Å². The Morgan fingerprint density at radius 2 is 1.82 bits per heavy atom. The Labute approximate surface area is 169 Å². The van der Waals surface area contributed by atoms with Crippen molar-refractivity contribution in [3.63, 3.8) is 0 Å². The highest BCUT2D eigenvalue weighted by Crippen LogP contribution is 2.41. The highest BCUT2D eigenvalue weighted by atomic mass is 35.5. The number of rotatable bonds is 5. The summed E-state index contributed by atoms with van der Waals surface area (Å²) in [7, 11) is -3.96. The minimum atomic E-state index is -3.96. The van der Waals surface area contributed by atoms with Crippen LogP contribution >= 0.6 is 12.4 Å². The Morgan fingerprint density at radius 1 is 1.11 bits per heavy atom. The fourth-order valence-corrected chi connectivity index (χ4v) is 5.32. The molecule has 0 aliphatic heterocycles. The summed E-state index contributed by atoms with van der Waals surface area (Å²) in [6.45, 7) is 0. The van der Waals surface area contributed by atoms with Crippen molar-refractivity contribution in [3.8, 4) is 0 Å². The number of hydrogen-bond acceptors (Lipinski definition) is 6. The standard InChI is InChI=1S/C18H23FN4O3S.ClH/c19-13-6-4-7-14(12-13)27(24,25)23-18(10-2-1-3-11-18)16-21-15(22-26-16)17(20)8-5-9-17;/h4,6-7,12,23H,1-3,5,8-11,20H2;1H. The molecule has 0 atom stereocenters. The molecule has 2 saturated carbocycles. The molecule has 154 valence electrons. The zero-order valence-corrected chi connectivity index (χ0v) is 17.0. The first kappa shape index (κ1) is 21.2. The third-order valence-corrected chi connectivity index (χ3v) is 7.20. The molecule has 0 spiro atoms. The smallest absolute Gasteiger partial charge is 0.248 e. The molecule has 4 rings (SSSR count). The third-order valence-electron chi connectivity index (χ3n) is 5.67. The van der Waals surface area contributed by atoms with Gasteiger partial charge in [0, 0.05) is 0 Å². The fraction of sp³-hybridized carbons (Fsp3) is 0.556. The summed E-state index contributed by atoms with van der Waals surface area (Å²) in [5.74, 6) is 0.0678. The van der Waals surface area contributed by atoms with Crippen molar-refractivity contribution < 1.29 is 17.3 Å². The predicted molar refractivity (Wildman–Crippen MR) is 103 cm³/mol. The zero-order valence-electron chi connectivity index (χ0n) is 15.4. The normalized spacial score (nSPS) is 20.8. The van der Waals surface area contributed by atoms with Gasteiger partial charge >= 0.3 is 0 Å². The molecule has 28 heavy (non-hydrogen) atoms. The molecule has 2 aliphatic carbocycles. The second-order valence-corrected chi connectivity index (χ2v) is 9.32. The molecular weight excluding hydrogens is 407 g/mol. The van der Waals surface area contributed by atoms with Crippen LogP contribution in [-0.2, 0) is 21.1 Å². The number of sulfonamides is 1. The lowest BCUT2D eigenvalue weighted by Gasteiger charge is -2.35. The average Bonchev–Trinajstić information content (AvgIpc) is 3.11. The van der Waals surface area contributed by atoms with Crippen molar-refractivity contribution in [3.05, 3.63) is 41.8 Å². The highest BCUT2D eigenvalue weighted by molar-refractivity contribution is 7.89. The van der Waals surface area contributed by atoms with E-state index >= 15 is 0 Å². The maximum absolute atomic E-state index is 13.5. The second-order valence-electron chi connectivity index (χ2n) is 7.64. The van der Waals surface area contributed by atoms with E-state index in [0.717, 1.165) is 44.6 Å². The summed E-state index contributed by atoms with van der Waals surface area (Å²) >= 11 is 0. The van der Waals surface area contributed by atoms with E-state index < -0.39 is 26.9 Å². The lowest BCUT2D eigenvalue weighted by molar-refractivity contribution is 0.196. The predicted octanol–water partition coefficient (Wildman–Crippen LogP) is 3.11. The van der Waals surface area contributed by atoms with E-state index in [1.165, 1.54) is 18.2 Å². The molecule has 1 aromatic heterocycles. The number of aromatic nitrogens is 2. The van der Waals surface area contributed by atoms with E-state index in [-0.39, 0.29) is 23.2 Å². The van der Waals surface area contributed by atoms with Gasteiger partial charge in [-0.05, 0) is 50.3 Å². The lowest BCUT2D eigenvalue weighted by Crippen LogP contribution is -2.48. The third kappa shape index (κ3) is 3.80. The maximum atomic E-state index is 13.5. The van der Waals surface area contributed by atoms with E-state index in [1.807, 2.05) is 0 Å². The van der Waals surface area contributed by atoms with Gasteiger partial charge in [-0.1, -0.05) is 30.5 Å². The molecule has 0 saturated heterocycles. The topological polar surface area (TPSA) is 111 Å². The maximum Gasteiger partial charge on any atom is 0.248 e. The summed E-state index contributed by atoms with van der Waals surface area (Å²) in [5, 5.41) is 4.04. The quantitative estimate of drug-likeness (QED) is 0.753. The molecule has 7 nitrogen and oxygen atoms in total. The molecule has 3 N–H and O–H groups in total. The van der Waals surface area contributed by atoms with Crippen LogP contribution in [0.2, 0.25) is 0 Å². The highest BCUT2D eigenvalue weighted by Gasteiger charge is 2.45. The minimum Gasteiger partial charge on any atom is -0.337 e. The molecule has 0 amide bonds. The van der Waals surface area contributed by atoms with Crippen molar-refractivity contribution >= 4 is 22.4 Å². The summed E-state index contributed by atoms with van der Waals surface area (Å²) in [4.78, 5) is 4.37. The first-order chi connectivity index (χ1) is 12.8. The number of nitrogens with one attached hydrogen (secondary N) is 1. The van der Waals surface area contributed by atoms with Gasteiger partial charge in [-0.2, -0.15) is 9.71 Å². The molecule has 2 aromatic rings. The van der Waals surface area contributed by atoms with Gasteiger partial charge in [-0.15, -0.1) is 12.4 Å². The van der Waals surface area contributed by atoms with Crippen molar-refractivity contribution in [2.75, 3.05) is 0 Å². The minimum absolute atomic E-state index is 0. The van der Waals surface area contributed by atoms with Crippen LogP contribution in [0.5, 0.6) is 0 Å². The second kappa shape index (κ2) is 7.70. The van der Waals surface area contributed by atoms with Crippen molar-refractivity contribution in [1.29, 1.82) is 0 Å². The molecule has 2 fully saturated rings. The van der Waals surface area contributed by atoms with E-state index in [4.69, 9.17) is 10.3 Å². The molecule has 2 aliphatic rings. The number of nitrogens with two attached hydrogens (primary N) is 1. The van der Waals surface area contributed by atoms with Gasteiger partial charge in [0.25, 0.3) is 0 Å². The Kier molecular flexibility index (Phi) is 5.82. The Bertz CT molecular complexity index is 940. The summed E-state index contributed by atoms with van der Waals surface area (Å²) < 4.78 is 47.6. The van der Waals surface area contributed by atoms with Crippen LogP contribution in [0.4, 0.5) is 4.39 Å². The zero-order chi connectivity index (χ0) is 19.1. The van der Waals surface area contributed by atoms with Crippen LogP contribution < -0.4 is 10.5 Å². The molecule has 1 aromatic carbocycles. The fourth-order valence-electron chi connectivity index (χ4n) is 3.87. The van der Waals surface area contributed by atoms with Crippen LogP contribution in [0.25, 0.3) is 0 Å². The van der Waals surface area contributed by atoms with Crippen molar-refractivity contribution in [2.24, 2.45) is 5.73 Å². The summed E-state index contributed by atoms with van der Waals surface area (Å²) in [6, 6.07) is 4.95. The van der Waals surface area contributed by atoms with Gasteiger partial charge in [-0.3, -0.25) is 0 Å². The molecule has 1 heterocycles. The van der Waals surface area contributed by atoms with E-state index in [9.17, 15) is 12.8 Å². The van der Waals surface area contributed by atoms with Crippen LogP contribution in [0.15, 0.2) is 33.7 Å². The molecular formula is C18H24ClFN4O3S. The van der Waals surface area contributed by atoms with Gasteiger partial charge < -0.3 is 10.3 Å². The van der Waals surface area contributed by atoms with Gasteiger partial charge in [0.1, 0.15) is 11.4 Å². The monoisotopic (exact) mass is 430 g/mol. The van der Waals surface area contributed by atoms with Crippen LogP contribution in [0, 0.1) is 5.82 Å². The van der Waals surface area contributed by atoms with Gasteiger partial charge in [0.2, 0.25) is 15.9 Å². The number of hydrogen-bond donors (Lipinski definition) is 2. The van der Waals surface area contributed by atoms with Gasteiger partial charge in [0.05, 0.1) is 10.4 Å². The SMILES string of the molecule is Cl.NC1(c2noc(C3(NS(=O)(=O)c4cccc(F)c4)CCCCC3)n2)CCC1. The van der Waals surface area contributed by atoms with Gasteiger partial charge in [0.15, 0.2) is 5.82 Å².